The number of aromatic nitrogens is 6. The number of non-ortho nitro benzene ring substituents is 1. The lowest BCUT2D eigenvalue weighted by Gasteiger charge is -2.43. The number of nitrogens with one attached hydrogen (secondary N) is 1. The molecule has 0 spiro atoms. The molecular formula is C43H51FN12O4. The van der Waals surface area contributed by atoms with Crippen molar-refractivity contribution in [3.05, 3.63) is 82.8 Å². The van der Waals surface area contributed by atoms with Gasteiger partial charge in [-0.1, -0.05) is 6.92 Å². The van der Waals surface area contributed by atoms with Crippen LogP contribution in [-0.4, -0.2) is 108 Å². The summed E-state index contributed by atoms with van der Waals surface area (Å²) in [5.41, 5.74) is 2.60. The van der Waals surface area contributed by atoms with Crippen molar-refractivity contribution in [2.24, 2.45) is 5.41 Å². The second kappa shape index (κ2) is 16.6. The van der Waals surface area contributed by atoms with Gasteiger partial charge in [0.05, 0.1) is 63.7 Å². The molecule has 3 saturated heterocycles. The van der Waals surface area contributed by atoms with Crippen molar-refractivity contribution in [1.82, 2.24) is 39.6 Å². The molecule has 4 aromatic heterocycles. The number of amides is 1. The molecule has 17 heteroatoms. The molecule has 1 amide bonds. The number of benzene rings is 1. The maximum atomic E-state index is 14.7. The predicted molar refractivity (Wildman–Crippen MR) is 224 cm³/mol. The molecule has 0 bridgehead atoms. The van der Waals surface area contributed by atoms with Crippen molar-refractivity contribution in [3.63, 3.8) is 0 Å². The molecule has 3 aliphatic heterocycles. The average molecular weight is 819 g/mol. The smallest absolute Gasteiger partial charge is 0.272 e. The Bertz CT molecular complexity index is 2400. The number of aliphatic hydroxyl groups is 1. The minimum Gasteiger partial charge on any atom is -0.388 e. The van der Waals surface area contributed by atoms with Gasteiger partial charge < -0.3 is 25.1 Å². The number of likely N-dealkylation sites (tertiary alicyclic amines) is 1. The lowest BCUT2D eigenvalue weighted by Crippen LogP contribution is -2.52. The summed E-state index contributed by atoms with van der Waals surface area (Å²) in [5, 5.41) is 44.9. The van der Waals surface area contributed by atoms with E-state index in [-0.39, 0.29) is 29.1 Å². The number of hydrogen-bond donors (Lipinski definition) is 2. The second-order valence-corrected chi connectivity index (χ2v) is 16.9. The third-order valence-corrected chi connectivity index (χ3v) is 12.8. The van der Waals surface area contributed by atoms with E-state index in [0.717, 1.165) is 81.3 Å². The van der Waals surface area contributed by atoms with Crippen LogP contribution in [0, 0.1) is 32.7 Å². The molecule has 0 atom stereocenters. The Kier molecular flexibility index (Phi) is 11.3. The Morgan fingerprint density at radius 3 is 2.37 bits per heavy atom. The third kappa shape index (κ3) is 8.13. The molecule has 5 aromatic rings. The molecule has 0 saturated carbocycles. The number of nitro benzene ring substituents is 1. The first-order valence-corrected chi connectivity index (χ1v) is 20.9. The van der Waals surface area contributed by atoms with Gasteiger partial charge in [0, 0.05) is 81.4 Å². The fourth-order valence-corrected chi connectivity index (χ4v) is 9.09. The van der Waals surface area contributed by atoms with Gasteiger partial charge in [-0.3, -0.25) is 19.6 Å². The van der Waals surface area contributed by atoms with Crippen LogP contribution in [-0.2, 0) is 4.79 Å². The molecule has 8 rings (SSSR count). The van der Waals surface area contributed by atoms with Crippen molar-refractivity contribution in [1.29, 1.82) is 5.26 Å². The summed E-state index contributed by atoms with van der Waals surface area (Å²) in [6, 6.07) is 10.2. The van der Waals surface area contributed by atoms with E-state index < -0.39 is 16.3 Å². The Hall–Kier alpha value is -5.99. The quantitative estimate of drug-likeness (QED) is 0.121. The van der Waals surface area contributed by atoms with E-state index in [1.807, 2.05) is 48.0 Å². The summed E-state index contributed by atoms with van der Waals surface area (Å²) in [6.07, 6.45) is 13.9. The average Bonchev–Trinajstić information content (AvgIpc) is 3.92. The number of anilines is 2. The minimum absolute atomic E-state index is 0.101. The van der Waals surface area contributed by atoms with Gasteiger partial charge in [0.2, 0.25) is 5.91 Å². The molecule has 7 heterocycles. The van der Waals surface area contributed by atoms with Gasteiger partial charge in [0.25, 0.3) is 5.69 Å². The van der Waals surface area contributed by atoms with E-state index >= 15 is 0 Å². The molecule has 2 N–H and O–H groups in total. The van der Waals surface area contributed by atoms with Gasteiger partial charge in [-0.15, -0.1) is 0 Å². The fraction of sp³-hybridized carbons (Fsp3) is 0.488. The number of nitriles is 1. The number of hydrogen-bond acceptors (Lipinski definition) is 12. The Labute approximate surface area is 347 Å². The van der Waals surface area contributed by atoms with Gasteiger partial charge in [-0.05, 0) is 77.0 Å². The highest BCUT2D eigenvalue weighted by molar-refractivity contribution is 5.84. The van der Waals surface area contributed by atoms with Crippen LogP contribution in [0.2, 0.25) is 0 Å². The highest BCUT2D eigenvalue weighted by atomic mass is 19.1. The molecule has 0 radical (unpaired) electrons. The molecule has 1 aromatic carbocycles. The van der Waals surface area contributed by atoms with E-state index in [1.165, 1.54) is 12.1 Å². The Balaban J connectivity index is 0.910. The molecule has 3 fully saturated rings. The van der Waals surface area contributed by atoms with E-state index in [4.69, 9.17) is 15.1 Å². The number of nitrogens with zero attached hydrogens (tertiary/aromatic N) is 11. The Morgan fingerprint density at radius 1 is 1.00 bits per heavy atom. The van der Waals surface area contributed by atoms with Crippen LogP contribution in [0.1, 0.15) is 77.3 Å². The number of carbonyl (C=O) groups is 1. The summed E-state index contributed by atoms with van der Waals surface area (Å²) >= 11 is 0. The molecule has 60 heavy (non-hydrogen) atoms. The number of fused-ring (bicyclic) bond motifs is 1. The normalized spacial score (nSPS) is 18.5. The topological polar surface area (TPSA) is 187 Å². The van der Waals surface area contributed by atoms with Crippen LogP contribution < -0.4 is 15.1 Å². The number of rotatable bonds is 11. The molecule has 16 nitrogen and oxygen atoms in total. The van der Waals surface area contributed by atoms with Crippen molar-refractivity contribution in [2.45, 2.75) is 83.4 Å². The summed E-state index contributed by atoms with van der Waals surface area (Å²) in [6.45, 7) is 10.5. The van der Waals surface area contributed by atoms with Crippen molar-refractivity contribution >= 4 is 28.6 Å². The van der Waals surface area contributed by atoms with E-state index in [0.29, 0.717) is 60.6 Å². The van der Waals surface area contributed by atoms with Gasteiger partial charge in [-0.25, -0.2) is 18.9 Å². The second-order valence-electron chi connectivity index (χ2n) is 16.9. The molecule has 314 valence electrons. The highest BCUT2D eigenvalue weighted by Gasteiger charge is 2.40. The summed E-state index contributed by atoms with van der Waals surface area (Å²) in [7, 11) is 0. The van der Waals surface area contributed by atoms with Crippen molar-refractivity contribution < 1.29 is 19.2 Å². The van der Waals surface area contributed by atoms with Crippen LogP contribution in [0.25, 0.3) is 28.0 Å². The highest BCUT2D eigenvalue weighted by Crippen LogP contribution is 2.38. The van der Waals surface area contributed by atoms with Crippen LogP contribution >= 0.6 is 0 Å². The SMILES string of the molecule is CCC1(C(=O)NC(C)C)CCN(c2ccc(-c3nc(-c4cnn(C5CCN(CC6(O)CCN(c7ccc([N+](=O)[O-])cc7F)CC6)CC5)c4)cn4ncc(C#N)c34)cn2)CC1. The number of pyridine rings is 1. The summed E-state index contributed by atoms with van der Waals surface area (Å²) in [5.74, 6) is 0.334. The van der Waals surface area contributed by atoms with E-state index in [2.05, 4.69) is 33.2 Å². The lowest BCUT2D eigenvalue weighted by atomic mass is 9.75. The molecule has 0 unspecified atom stereocenters. The van der Waals surface area contributed by atoms with Crippen LogP contribution in [0.3, 0.4) is 0 Å². The Morgan fingerprint density at radius 2 is 1.73 bits per heavy atom. The summed E-state index contributed by atoms with van der Waals surface area (Å²) in [4.78, 5) is 39.8. The van der Waals surface area contributed by atoms with Gasteiger partial charge >= 0.3 is 0 Å². The number of nitro groups is 1. The first-order chi connectivity index (χ1) is 28.9. The predicted octanol–water partition coefficient (Wildman–Crippen LogP) is 5.76. The molecule has 3 aliphatic rings. The fourth-order valence-electron chi connectivity index (χ4n) is 9.09. The zero-order valence-electron chi connectivity index (χ0n) is 34.3. The third-order valence-electron chi connectivity index (χ3n) is 12.8. The van der Waals surface area contributed by atoms with Crippen LogP contribution in [0.15, 0.2) is 61.3 Å². The number of piperidine rings is 3. The van der Waals surface area contributed by atoms with Crippen LogP contribution in [0.4, 0.5) is 21.6 Å². The maximum Gasteiger partial charge on any atom is 0.272 e. The summed E-state index contributed by atoms with van der Waals surface area (Å²) < 4.78 is 18.4. The maximum absolute atomic E-state index is 14.7. The van der Waals surface area contributed by atoms with Gasteiger partial charge in [0.1, 0.15) is 23.0 Å². The monoisotopic (exact) mass is 818 g/mol. The molecule has 0 aliphatic carbocycles. The van der Waals surface area contributed by atoms with Crippen molar-refractivity contribution in [3.8, 4) is 28.6 Å². The van der Waals surface area contributed by atoms with Gasteiger partial charge in [0.15, 0.2) is 5.82 Å². The molecular weight excluding hydrogens is 768 g/mol. The standard InChI is InChI=1S/C43H51FN12O4/c1-4-42(41(57)49-29(2)3)11-17-53(18-12-42)38-8-5-30(23-46-38)39-40-31(22-45)24-48-55(40)27-36(50-39)32-25-47-54(26-32)33-9-15-51(16-10-33)28-43(58)13-19-52(20-14-43)37-7-6-34(56(59)60)21-35(37)44/h5-8,21,23-27,29,33,58H,4,9-20,28H2,1-3H3,(H,49,57). The zero-order chi connectivity index (χ0) is 42.2. The largest absolute Gasteiger partial charge is 0.388 e. The lowest BCUT2D eigenvalue weighted by molar-refractivity contribution is -0.385. The van der Waals surface area contributed by atoms with Gasteiger partial charge in [-0.2, -0.15) is 15.5 Å². The number of halogens is 1. The van der Waals surface area contributed by atoms with E-state index in [9.17, 15) is 29.7 Å². The first-order valence-electron chi connectivity index (χ1n) is 20.9. The minimum atomic E-state index is -0.906. The first kappa shape index (κ1) is 40.8. The number of carbonyl (C=O) groups excluding carboxylic acids is 1. The number of β-amino-alcohol motifs (C(OH)–C–C–N with tert-alkyl or cyclic N) is 1. The van der Waals surface area contributed by atoms with E-state index in [1.54, 1.807) is 23.1 Å². The van der Waals surface area contributed by atoms with Crippen molar-refractivity contribution in [2.75, 3.05) is 55.6 Å². The zero-order valence-corrected chi connectivity index (χ0v) is 34.3. The van der Waals surface area contributed by atoms with Crippen LogP contribution in [0.5, 0.6) is 0 Å².